The fourth-order valence-electron chi connectivity index (χ4n) is 1.71. The minimum Gasteiger partial charge on any atom is -0.480 e. The summed E-state index contributed by atoms with van der Waals surface area (Å²) in [4.78, 5) is 24.1. The van der Waals surface area contributed by atoms with Crippen molar-refractivity contribution in [3.63, 3.8) is 0 Å². The fourth-order valence-corrected chi connectivity index (χ4v) is 1.71. The lowest BCUT2D eigenvalue weighted by Crippen LogP contribution is -2.46. The lowest BCUT2D eigenvalue weighted by Gasteiger charge is -2.20. The van der Waals surface area contributed by atoms with Crippen LogP contribution in [0.4, 0.5) is 4.79 Å². The van der Waals surface area contributed by atoms with E-state index >= 15 is 0 Å². The van der Waals surface area contributed by atoms with Crippen LogP contribution in [-0.2, 0) is 4.79 Å². The molecule has 2 amide bonds. The van der Waals surface area contributed by atoms with Crippen molar-refractivity contribution < 1.29 is 14.7 Å². The molecule has 1 aliphatic rings. The Balaban J connectivity index is 2.42. The first-order valence-corrected chi connectivity index (χ1v) is 5.43. The SMILES string of the molecule is CCC[C@@H](NC(=O)N1CCCC1)C(=O)O. The van der Waals surface area contributed by atoms with Gasteiger partial charge in [0, 0.05) is 13.1 Å². The molecule has 1 heterocycles. The van der Waals surface area contributed by atoms with Crippen LogP contribution >= 0.6 is 0 Å². The van der Waals surface area contributed by atoms with E-state index in [0.29, 0.717) is 6.42 Å². The number of aliphatic carboxylic acids is 1. The molecule has 1 aliphatic heterocycles. The van der Waals surface area contributed by atoms with E-state index in [1.54, 1.807) is 4.90 Å². The molecule has 2 N–H and O–H groups in total. The smallest absolute Gasteiger partial charge is 0.326 e. The van der Waals surface area contributed by atoms with Gasteiger partial charge in [0.25, 0.3) is 0 Å². The minimum atomic E-state index is -0.954. The molecule has 0 aromatic rings. The maximum absolute atomic E-state index is 11.6. The largest absolute Gasteiger partial charge is 0.480 e. The summed E-state index contributed by atoms with van der Waals surface area (Å²) < 4.78 is 0. The molecule has 0 spiro atoms. The highest BCUT2D eigenvalue weighted by Crippen LogP contribution is 2.08. The number of nitrogens with zero attached hydrogens (tertiary/aromatic N) is 1. The summed E-state index contributed by atoms with van der Waals surface area (Å²) >= 11 is 0. The number of nitrogens with one attached hydrogen (secondary N) is 1. The van der Waals surface area contributed by atoms with Crippen LogP contribution in [0, 0.1) is 0 Å². The van der Waals surface area contributed by atoms with Crippen molar-refractivity contribution in [1.82, 2.24) is 10.2 Å². The lowest BCUT2D eigenvalue weighted by molar-refractivity contribution is -0.139. The Labute approximate surface area is 89.4 Å². The molecular formula is C10H18N2O3. The first kappa shape index (κ1) is 11.8. The van der Waals surface area contributed by atoms with Crippen LogP contribution in [0.5, 0.6) is 0 Å². The van der Waals surface area contributed by atoms with Gasteiger partial charge in [-0.15, -0.1) is 0 Å². The third-order valence-electron chi connectivity index (χ3n) is 2.57. The zero-order chi connectivity index (χ0) is 11.3. The third-order valence-corrected chi connectivity index (χ3v) is 2.57. The summed E-state index contributed by atoms with van der Waals surface area (Å²) in [5, 5.41) is 11.4. The summed E-state index contributed by atoms with van der Waals surface area (Å²) in [6.07, 6.45) is 3.25. The molecule has 0 radical (unpaired) electrons. The quantitative estimate of drug-likeness (QED) is 0.734. The zero-order valence-corrected chi connectivity index (χ0v) is 9.03. The van der Waals surface area contributed by atoms with Gasteiger partial charge in [0.05, 0.1) is 0 Å². The van der Waals surface area contributed by atoms with E-state index in [1.165, 1.54) is 0 Å². The number of urea groups is 1. The number of carbonyl (C=O) groups excluding carboxylic acids is 1. The Kier molecular flexibility index (Phi) is 4.39. The van der Waals surface area contributed by atoms with E-state index in [1.807, 2.05) is 6.92 Å². The number of carbonyl (C=O) groups is 2. The van der Waals surface area contributed by atoms with Crippen molar-refractivity contribution in [2.24, 2.45) is 0 Å². The van der Waals surface area contributed by atoms with E-state index in [9.17, 15) is 9.59 Å². The van der Waals surface area contributed by atoms with Crippen LogP contribution < -0.4 is 5.32 Å². The highest BCUT2D eigenvalue weighted by atomic mass is 16.4. The van der Waals surface area contributed by atoms with E-state index in [4.69, 9.17) is 5.11 Å². The summed E-state index contributed by atoms with van der Waals surface area (Å²) in [6, 6.07) is -0.989. The fraction of sp³-hybridized carbons (Fsp3) is 0.800. The van der Waals surface area contributed by atoms with Gasteiger partial charge in [0.1, 0.15) is 6.04 Å². The molecule has 1 atom stereocenters. The molecule has 86 valence electrons. The van der Waals surface area contributed by atoms with Crippen LogP contribution in [-0.4, -0.2) is 41.1 Å². The van der Waals surface area contributed by atoms with Crippen LogP contribution in [0.3, 0.4) is 0 Å². The molecule has 0 aromatic carbocycles. The molecule has 0 saturated carbocycles. The third kappa shape index (κ3) is 3.42. The average molecular weight is 214 g/mol. The maximum atomic E-state index is 11.6. The van der Waals surface area contributed by atoms with Gasteiger partial charge in [-0.2, -0.15) is 0 Å². The molecule has 0 aliphatic carbocycles. The lowest BCUT2D eigenvalue weighted by atomic mass is 10.2. The van der Waals surface area contributed by atoms with Gasteiger partial charge in [0.2, 0.25) is 0 Å². The van der Waals surface area contributed by atoms with Crippen molar-refractivity contribution in [3.05, 3.63) is 0 Å². The van der Waals surface area contributed by atoms with Crippen molar-refractivity contribution in [2.45, 2.75) is 38.6 Å². The molecule has 0 aromatic heterocycles. The minimum absolute atomic E-state index is 0.242. The molecule has 1 saturated heterocycles. The van der Waals surface area contributed by atoms with Crippen LogP contribution in [0.15, 0.2) is 0 Å². The van der Waals surface area contributed by atoms with Gasteiger partial charge in [0.15, 0.2) is 0 Å². The van der Waals surface area contributed by atoms with E-state index in [0.717, 1.165) is 32.4 Å². The van der Waals surface area contributed by atoms with Crippen molar-refractivity contribution in [2.75, 3.05) is 13.1 Å². The number of rotatable bonds is 4. The Hall–Kier alpha value is -1.26. The van der Waals surface area contributed by atoms with E-state index < -0.39 is 12.0 Å². The standard InChI is InChI=1S/C10H18N2O3/c1-2-5-8(9(13)14)11-10(15)12-6-3-4-7-12/h8H,2-7H2,1H3,(H,11,15)(H,13,14)/t8-/m1/s1. The second-order valence-corrected chi connectivity index (χ2v) is 3.82. The van der Waals surface area contributed by atoms with Gasteiger partial charge in [-0.05, 0) is 19.3 Å². The number of likely N-dealkylation sites (tertiary alicyclic amines) is 1. The van der Waals surface area contributed by atoms with Gasteiger partial charge in [-0.25, -0.2) is 9.59 Å². The summed E-state index contributed by atoms with van der Waals surface area (Å²) in [5.74, 6) is -0.954. The predicted octanol–water partition coefficient (Wildman–Crippen LogP) is 1.05. The Morgan fingerprint density at radius 2 is 2.00 bits per heavy atom. The topological polar surface area (TPSA) is 69.6 Å². The first-order chi connectivity index (χ1) is 7.15. The van der Waals surface area contributed by atoms with Crippen molar-refractivity contribution >= 4 is 12.0 Å². The maximum Gasteiger partial charge on any atom is 0.326 e. The Morgan fingerprint density at radius 1 is 1.40 bits per heavy atom. The number of hydrogen-bond donors (Lipinski definition) is 2. The van der Waals surface area contributed by atoms with Gasteiger partial charge < -0.3 is 15.3 Å². The zero-order valence-electron chi connectivity index (χ0n) is 9.03. The Morgan fingerprint density at radius 3 is 2.47 bits per heavy atom. The Bertz CT molecular complexity index is 237. The molecule has 15 heavy (non-hydrogen) atoms. The van der Waals surface area contributed by atoms with E-state index in [2.05, 4.69) is 5.32 Å². The van der Waals surface area contributed by atoms with Crippen LogP contribution in [0.1, 0.15) is 32.6 Å². The van der Waals surface area contributed by atoms with Crippen LogP contribution in [0.2, 0.25) is 0 Å². The summed E-state index contributed by atoms with van der Waals surface area (Å²) in [5.41, 5.74) is 0. The van der Waals surface area contributed by atoms with Crippen molar-refractivity contribution in [1.29, 1.82) is 0 Å². The van der Waals surface area contributed by atoms with Crippen LogP contribution in [0.25, 0.3) is 0 Å². The molecule has 0 bridgehead atoms. The second kappa shape index (κ2) is 5.58. The number of carboxylic acid groups (broad SMARTS) is 1. The molecule has 5 nitrogen and oxygen atoms in total. The molecule has 1 rings (SSSR count). The van der Waals surface area contributed by atoms with Gasteiger partial charge >= 0.3 is 12.0 Å². The van der Waals surface area contributed by atoms with E-state index in [-0.39, 0.29) is 6.03 Å². The van der Waals surface area contributed by atoms with Gasteiger partial charge in [-0.1, -0.05) is 13.3 Å². The number of hydrogen-bond acceptors (Lipinski definition) is 2. The average Bonchev–Trinajstić information content (AvgIpc) is 2.69. The predicted molar refractivity (Wildman–Crippen MR) is 55.7 cm³/mol. The van der Waals surface area contributed by atoms with Gasteiger partial charge in [-0.3, -0.25) is 0 Å². The summed E-state index contributed by atoms with van der Waals surface area (Å²) in [7, 11) is 0. The molecule has 0 unspecified atom stereocenters. The molecule has 1 fully saturated rings. The first-order valence-electron chi connectivity index (χ1n) is 5.43. The highest BCUT2D eigenvalue weighted by Gasteiger charge is 2.23. The number of carboxylic acids is 1. The second-order valence-electron chi connectivity index (χ2n) is 3.82. The summed E-state index contributed by atoms with van der Waals surface area (Å²) in [6.45, 7) is 3.38. The number of amides is 2. The normalized spacial score (nSPS) is 17.5. The molecular weight excluding hydrogens is 196 g/mol. The molecule has 5 heteroatoms. The highest BCUT2D eigenvalue weighted by molar-refractivity contribution is 5.82. The van der Waals surface area contributed by atoms with Crippen molar-refractivity contribution in [3.8, 4) is 0 Å². The monoisotopic (exact) mass is 214 g/mol.